The minimum atomic E-state index is -0.542. The van der Waals surface area contributed by atoms with Crippen LogP contribution in [0.1, 0.15) is 52.9 Å². The minimum absolute atomic E-state index is 0.231. The highest BCUT2D eigenvalue weighted by molar-refractivity contribution is 5.04. The third kappa shape index (κ3) is 3.60. The molecular formula is C14H27NO. The van der Waals surface area contributed by atoms with Crippen molar-refractivity contribution in [1.82, 2.24) is 5.32 Å². The molecule has 16 heavy (non-hydrogen) atoms. The summed E-state index contributed by atoms with van der Waals surface area (Å²) in [5, 5.41) is 13.8. The molecule has 0 saturated heterocycles. The Kier molecular flexibility index (Phi) is 5.00. The van der Waals surface area contributed by atoms with Gasteiger partial charge >= 0.3 is 0 Å². The molecule has 0 bridgehead atoms. The highest BCUT2D eigenvalue weighted by atomic mass is 16.3. The van der Waals surface area contributed by atoms with Crippen LogP contribution in [-0.4, -0.2) is 23.3 Å². The summed E-state index contributed by atoms with van der Waals surface area (Å²) in [5.74, 6) is 0.583. The molecule has 1 aliphatic rings. The van der Waals surface area contributed by atoms with Crippen LogP contribution in [0, 0.1) is 5.92 Å². The van der Waals surface area contributed by atoms with Gasteiger partial charge in [-0.1, -0.05) is 25.5 Å². The van der Waals surface area contributed by atoms with E-state index in [1.807, 2.05) is 6.92 Å². The van der Waals surface area contributed by atoms with Crippen LogP contribution in [0.25, 0.3) is 0 Å². The predicted molar refractivity (Wildman–Crippen MR) is 69.5 cm³/mol. The van der Waals surface area contributed by atoms with E-state index in [1.165, 1.54) is 18.4 Å². The fraction of sp³-hybridized carbons (Fsp3) is 0.857. The molecule has 2 N–H and O–H groups in total. The monoisotopic (exact) mass is 225 g/mol. The van der Waals surface area contributed by atoms with Gasteiger partial charge in [-0.05, 0) is 52.0 Å². The molecule has 0 aromatic heterocycles. The summed E-state index contributed by atoms with van der Waals surface area (Å²) in [6.07, 6.45) is 5.38. The van der Waals surface area contributed by atoms with Gasteiger partial charge in [0.15, 0.2) is 0 Å². The van der Waals surface area contributed by atoms with Crippen molar-refractivity contribution in [2.24, 2.45) is 5.92 Å². The topological polar surface area (TPSA) is 32.3 Å². The Hall–Kier alpha value is -0.340. The van der Waals surface area contributed by atoms with Gasteiger partial charge in [0.25, 0.3) is 0 Å². The molecule has 0 aromatic carbocycles. The maximum Gasteiger partial charge on any atom is 0.0772 e. The van der Waals surface area contributed by atoms with Crippen molar-refractivity contribution in [1.29, 1.82) is 0 Å². The zero-order valence-electron chi connectivity index (χ0n) is 11.1. The summed E-state index contributed by atoms with van der Waals surface area (Å²) >= 11 is 0. The smallest absolute Gasteiger partial charge is 0.0772 e. The molecule has 0 radical (unpaired) electrons. The maximum atomic E-state index is 10.3. The zero-order valence-corrected chi connectivity index (χ0v) is 11.1. The summed E-state index contributed by atoms with van der Waals surface area (Å²) in [6, 6.07) is 0.231. The van der Waals surface area contributed by atoms with Gasteiger partial charge in [-0.15, -0.1) is 0 Å². The average Bonchev–Trinajstić information content (AvgIpc) is 2.20. The molecule has 0 heterocycles. The number of nitrogens with one attached hydrogen (secondary N) is 1. The second kappa shape index (κ2) is 5.83. The molecule has 0 aliphatic heterocycles. The lowest BCUT2D eigenvalue weighted by molar-refractivity contribution is -0.0198. The molecule has 94 valence electrons. The van der Waals surface area contributed by atoms with Gasteiger partial charge in [0.1, 0.15) is 0 Å². The third-order valence-electron chi connectivity index (χ3n) is 3.89. The molecule has 0 amide bonds. The Bertz CT molecular complexity index is 235. The highest BCUT2D eigenvalue weighted by Gasteiger charge is 2.37. The van der Waals surface area contributed by atoms with Crippen LogP contribution in [0.3, 0.4) is 0 Å². The quantitative estimate of drug-likeness (QED) is 0.557. The third-order valence-corrected chi connectivity index (χ3v) is 3.89. The molecule has 1 saturated carbocycles. The van der Waals surface area contributed by atoms with Gasteiger partial charge in [-0.2, -0.15) is 0 Å². The SMILES string of the molecule is C=C(C)[C@H]1CC[C@@](C)(O)[C@H](NCCCC)C1. The number of hydrogen-bond acceptors (Lipinski definition) is 2. The number of unbranched alkanes of at least 4 members (excludes halogenated alkanes) is 1. The van der Waals surface area contributed by atoms with Gasteiger partial charge in [0.2, 0.25) is 0 Å². The van der Waals surface area contributed by atoms with E-state index >= 15 is 0 Å². The van der Waals surface area contributed by atoms with Crippen molar-refractivity contribution in [2.75, 3.05) is 6.54 Å². The molecule has 2 heteroatoms. The number of hydrogen-bond donors (Lipinski definition) is 2. The van der Waals surface area contributed by atoms with Crippen molar-refractivity contribution < 1.29 is 5.11 Å². The van der Waals surface area contributed by atoms with E-state index in [0.717, 1.165) is 25.8 Å². The first kappa shape index (κ1) is 13.7. The first-order valence-corrected chi connectivity index (χ1v) is 6.58. The van der Waals surface area contributed by atoms with Gasteiger partial charge in [0, 0.05) is 6.04 Å². The second-order valence-electron chi connectivity index (χ2n) is 5.54. The van der Waals surface area contributed by atoms with Crippen molar-refractivity contribution in [3.8, 4) is 0 Å². The molecule has 0 unspecified atom stereocenters. The van der Waals surface area contributed by atoms with Gasteiger partial charge < -0.3 is 10.4 Å². The summed E-state index contributed by atoms with van der Waals surface area (Å²) < 4.78 is 0. The van der Waals surface area contributed by atoms with E-state index in [9.17, 15) is 5.11 Å². The van der Waals surface area contributed by atoms with Gasteiger partial charge in [-0.3, -0.25) is 0 Å². The van der Waals surface area contributed by atoms with Crippen LogP contribution in [0.4, 0.5) is 0 Å². The van der Waals surface area contributed by atoms with Crippen molar-refractivity contribution in [2.45, 2.75) is 64.5 Å². The lowest BCUT2D eigenvalue weighted by Gasteiger charge is -2.41. The van der Waals surface area contributed by atoms with Crippen LogP contribution in [-0.2, 0) is 0 Å². The number of aliphatic hydroxyl groups is 1. The van der Waals surface area contributed by atoms with Crippen LogP contribution in [0.15, 0.2) is 12.2 Å². The van der Waals surface area contributed by atoms with Crippen molar-refractivity contribution >= 4 is 0 Å². The van der Waals surface area contributed by atoms with E-state index in [1.54, 1.807) is 0 Å². The van der Waals surface area contributed by atoms with Crippen LogP contribution >= 0.6 is 0 Å². The van der Waals surface area contributed by atoms with Gasteiger partial charge in [0.05, 0.1) is 5.60 Å². The fourth-order valence-corrected chi connectivity index (χ4v) is 2.50. The Balaban J connectivity index is 2.51. The Morgan fingerprint density at radius 2 is 2.25 bits per heavy atom. The zero-order chi connectivity index (χ0) is 12.2. The molecule has 0 aromatic rings. The van der Waals surface area contributed by atoms with Crippen molar-refractivity contribution in [3.05, 3.63) is 12.2 Å². The van der Waals surface area contributed by atoms with E-state index in [-0.39, 0.29) is 6.04 Å². The fourth-order valence-electron chi connectivity index (χ4n) is 2.50. The Labute approximate surface area is 100 Å². The molecule has 1 aliphatic carbocycles. The lowest BCUT2D eigenvalue weighted by Crippen LogP contribution is -2.53. The van der Waals surface area contributed by atoms with Crippen LogP contribution < -0.4 is 5.32 Å². The first-order chi connectivity index (χ1) is 7.47. The van der Waals surface area contributed by atoms with E-state index in [0.29, 0.717) is 5.92 Å². The summed E-state index contributed by atoms with van der Waals surface area (Å²) in [7, 11) is 0. The molecule has 1 fully saturated rings. The molecular weight excluding hydrogens is 198 g/mol. The standard InChI is InChI=1S/C14H27NO/c1-5-6-9-15-13-10-12(11(2)3)7-8-14(13,4)16/h12-13,15-16H,2,5-10H2,1,3-4H3/t12-,13+,14+/m0/s1. The molecule has 2 nitrogen and oxygen atoms in total. The normalized spacial score (nSPS) is 35.0. The number of rotatable bonds is 5. The second-order valence-corrected chi connectivity index (χ2v) is 5.54. The molecule has 1 rings (SSSR count). The summed E-state index contributed by atoms with van der Waals surface area (Å²) in [6.45, 7) is 11.3. The Morgan fingerprint density at radius 1 is 1.56 bits per heavy atom. The molecule has 3 atom stereocenters. The van der Waals surface area contributed by atoms with E-state index in [2.05, 4.69) is 25.7 Å². The van der Waals surface area contributed by atoms with Crippen LogP contribution in [0.5, 0.6) is 0 Å². The largest absolute Gasteiger partial charge is 0.389 e. The summed E-state index contributed by atoms with van der Waals surface area (Å²) in [4.78, 5) is 0. The number of allylic oxidation sites excluding steroid dienone is 1. The van der Waals surface area contributed by atoms with Crippen LogP contribution in [0.2, 0.25) is 0 Å². The molecule has 0 spiro atoms. The average molecular weight is 225 g/mol. The predicted octanol–water partition coefficient (Wildman–Crippen LogP) is 2.87. The van der Waals surface area contributed by atoms with Crippen molar-refractivity contribution in [3.63, 3.8) is 0 Å². The minimum Gasteiger partial charge on any atom is -0.389 e. The van der Waals surface area contributed by atoms with E-state index in [4.69, 9.17) is 0 Å². The van der Waals surface area contributed by atoms with Gasteiger partial charge in [-0.25, -0.2) is 0 Å². The maximum absolute atomic E-state index is 10.3. The Morgan fingerprint density at radius 3 is 2.81 bits per heavy atom. The summed E-state index contributed by atoms with van der Waals surface area (Å²) in [5.41, 5.74) is 0.720. The first-order valence-electron chi connectivity index (χ1n) is 6.58. The highest BCUT2D eigenvalue weighted by Crippen LogP contribution is 2.35. The van der Waals surface area contributed by atoms with E-state index < -0.39 is 5.60 Å². The lowest BCUT2D eigenvalue weighted by atomic mass is 9.74.